The number of ether oxygens (including phenoxy) is 1. The van der Waals surface area contributed by atoms with Crippen molar-refractivity contribution in [1.82, 2.24) is 30.1 Å². The van der Waals surface area contributed by atoms with Gasteiger partial charge in [-0.15, -0.1) is 11.3 Å². The Morgan fingerprint density at radius 2 is 1.89 bits per heavy atom. The molecule has 0 bridgehead atoms. The van der Waals surface area contributed by atoms with Gasteiger partial charge in [-0.2, -0.15) is 9.97 Å². The van der Waals surface area contributed by atoms with Crippen molar-refractivity contribution in [3.63, 3.8) is 0 Å². The van der Waals surface area contributed by atoms with Gasteiger partial charge < -0.3 is 13.8 Å². The molecule has 3 aromatic rings. The van der Waals surface area contributed by atoms with E-state index in [2.05, 4.69) is 30.1 Å². The predicted molar refractivity (Wildman–Crippen MR) is 103 cm³/mol. The maximum Gasteiger partial charge on any atom is 0.268 e. The summed E-state index contributed by atoms with van der Waals surface area (Å²) in [5, 5.41) is 10.1. The fourth-order valence-electron chi connectivity index (χ4n) is 3.14. The highest BCUT2D eigenvalue weighted by molar-refractivity contribution is 7.13. The molecule has 1 atom stereocenters. The van der Waals surface area contributed by atoms with E-state index in [1.807, 2.05) is 31.4 Å². The SMILES string of the molecule is CCOC(C)c1noc(CN2CCN(Cc3noc(-c4cccs4)n3)CC2)n1. The van der Waals surface area contributed by atoms with E-state index >= 15 is 0 Å². The topological polar surface area (TPSA) is 93.6 Å². The van der Waals surface area contributed by atoms with Gasteiger partial charge in [0.05, 0.1) is 18.0 Å². The summed E-state index contributed by atoms with van der Waals surface area (Å²) in [6.07, 6.45) is -0.145. The first-order valence-electron chi connectivity index (χ1n) is 9.46. The van der Waals surface area contributed by atoms with Gasteiger partial charge in [-0.25, -0.2) is 0 Å². The van der Waals surface area contributed by atoms with Crippen LogP contribution in [0, 0.1) is 0 Å². The average molecular weight is 404 g/mol. The number of nitrogens with zero attached hydrogens (tertiary/aromatic N) is 6. The second-order valence-corrected chi connectivity index (χ2v) is 7.64. The summed E-state index contributed by atoms with van der Waals surface area (Å²) >= 11 is 1.60. The monoisotopic (exact) mass is 404 g/mol. The summed E-state index contributed by atoms with van der Waals surface area (Å²) in [4.78, 5) is 14.6. The second-order valence-electron chi connectivity index (χ2n) is 6.69. The Balaban J connectivity index is 1.25. The quantitative estimate of drug-likeness (QED) is 0.561. The van der Waals surface area contributed by atoms with Crippen molar-refractivity contribution in [1.29, 1.82) is 0 Å². The van der Waals surface area contributed by atoms with Gasteiger partial charge in [0.2, 0.25) is 5.89 Å². The van der Waals surface area contributed by atoms with Crippen LogP contribution in [0.15, 0.2) is 26.6 Å². The van der Waals surface area contributed by atoms with Crippen LogP contribution in [0.25, 0.3) is 10.8 Å². The van der Waals surface area contributed by atoms with Crippen LogP contribution in [0.2, 0.25) is 0 Å². The standard InChI is InChI=1S/C18H24N6O3S/c1-3-25-13(2)17-20-16(26-22-17)12-24-8-6-23(7-9-24)11-15-19-18(27-21-15)14-5-4-10-28-14/h4-5,10,13H,3,6-9,11-12H2,1-2H3. The van der Waals surface area contributed by atoms with E-state index in [9.17, 15) is 0 Å². The van der Waals surface area contributed by atoms with Crippen molar-refractivity contribution < 1.29 is 13.8 Å². The van der Waals surface area contributed by atoms with Crippen molar-refractivity contribution >= 4 is 11.3 Å². The van der Waals surface area contributed by atoms with Gasteiger partial charge >= 0.3 is 0 Å². The van der Waals surface area contributed by atoms with E-state index in [0.717, 1.165) is 36.9 Å². The molecule has 0 spiro atoms. The molecule has 10 heteroatoms. The number of rotatable bonds is 8. The zero-order chi connectivity index (χ0) is 19.3. The number of hydrogen-bond acceptors (Lipinski definition) is 10. The molecule has 3 aromatic heterocycles. The zero-order valence-corrected chi connectivity index (χ0v) is 16.9. The second kappa shape index (κ2) is 8.91. The van der Waals surface area contributed by atoms with Gasteiger partial charge in [0.15, 0.2) is 11.6 Å². The third kappa shape index (κ3) is 4.64. The first kappa shape index (κ1) is 19.2. The summed E-state index contributed by atoms with van der Waals surface area (Å²) in [5.74, 6) is 2.56. The van der Waals surface area contributed by atoms with Crippen molar-refractivity contribution in [2.24, 2.45) is 0 Å². The summed E-state index contributed by atoms with van der Waals surface area (Å²) in [5.41, 5.74) is 0. The van der Waals surface area contributed by atoms with E-state index in [1.165, 1.54) is 0 Å². The Hall–Kier alpha value is -2.14. The van der Waals surface area contributed by atoms with Gasteiger partial charge in [0.25, 0.3) is 5.89 Å². The lowest BCUT2D eigenvalue weighted by atomic mass is 10.3. The van der Waals surface area contributed by atoms with Gasteiger partial charge in [0.1, 0.15) is 6.10 Å². The van der Waals surface area contributed by atoms with Crippen molar-refractivity contribution in [2.75, 3.05) is 32.8 Å². The number of hydrogen-bond donors (Lipinski definition) is 0. The molecule has 9 nitrogen and oxygen atoms in total. The Kier molecular flexibility index (Phi) is 6.10. The summed E-state index contributed by atoms with van der Waals surface area (Å²) in [6, 6.07) is 3.96. The highest BCUT2D eigenvalue weighted by Gasteiger charge is 2.22. The minimum Gasteiger partial charge on any atom is -0.371 e. The number of piperazine rings is 1. The molecule has 0 aliphatic carbocycles. The predicted octanol–water partition coefficient (Wildman–Crippen LogP) is 2.60. The lowest BCUT2D eigenvalue weighted by Gasteiger charge is -2.33. The lowest BCUT2D eigenvalue weighted by molar-refractivity contribution is 0.0683. The molecule has 1 aliphatic rings. The number of aromatic nitrogens is 4. The van der Waals surface area contributed by atoms with Crippen LogP contribution in [0.4, 0.5) is 0 Å². The van der Waals surface area contributed by atoms with Crippen molar-refractivity contribution in [2.45, 2.75) is 33.0 Å². The fraction of sp³-hybridized carbons (Fsp3) is 0.556. The van der Waals surface area contributed by atoms with Gasteiger partial charge in [-0.3, -0.25) is 9.80 Å². The molecule has 1 unspecified atom stereocenters. The molecule has 28 heavy (non-hydrogen) atoms. The van der Waals surface area contributed by atoms with Crippen LogP contribution >= 0.6 is 11.3 Å². The van der Waals surface area contributed by atoms with E-state index in [4.69, 9.17) is 13.8 Å². The van der Waals surface area contributed by atoms with Crippen molar-refractivity contribution in [3.05, 3.63) is 35.1 Å². The molecule has 0 radical (unpaired) electrons. The van der Waals surface area contributed by atoms with Crippen LogP contribution in [0.1, 0.15) is 37.5 Å². The molecule has 0 aromatic carbocycles. The average Bonchev–Trinajstić information content (AvgIpc) is 3.45. The van der Waals surface area contributed by atoms with Crippen LogP contribution in [0.3, 0.4) is 0 Å². The maximum atomic E-state index is 5.50. The van der Waals surface area contributed by atoms with E-state index in [-0.39, 0.29) is 6.10 Å². The summed E-state index contributed by atoms with van der Waals surface area (Å²) in [7, 11) is 0. The lowest BCUT2D eigenvalue weighted by Crippen LogP contribution is -2.45. The van der Waals surface area contributed by atoms with E-state index in [1.54, 1.807) is 11.3 Å². The molecule has 150 valence electrons. The van der Waals surface area contributed by atoms with E-state index in [0.29, 0.717) is 37.3 Å². The molecule has 4 rings (SSSR count). The van der Waals surface area contributed by atoms with Crippen LogP contribution in [-0.2, 0) is 17.8 Å². The van der Waals surface area contributed by atoms with Gasteiger partial charge in [-0.1, -0.05) is 16.4 Å². The molecular formula is C18H24N6O3S. The Labute approximate surface area is 167 Å². The highest BCUT2D eigenvalue weighted by atomic mass is 32.1. The number of thiophene rings is 1. The first-order valence-corrected chi connectivity index (χ1v) is 10.3. The molecule has 1 fully saturated rings. The van der Waals surface area contributed by atoms with E-state index < -0.39 is 0 Å². The smallest absolute Gasteiger partial charge is 0.268 e. The highest BCUT2D eigenvalue weighted by Crippen LogP contribution is 2.23. The molecule has 0 saturated carbocycles. The van der Waals surface area contributed by atoms with Crippen LogP contribution < -0.4 is 0 Å². The molecule has 0 amide bonds. The Bertz CT molecular complexity index is 856. The zero-order valence-electron chi connectivity index (χ0n) is 16.1. The first-order chi connectivity index (χ1) is 13.7. The largest absolute Gasteiger partial charge is 0.371 e. The third-order valence-electron chi connectivity index (χ3n) is 4.65. The molecular weight excluding hydrogens is 380 g/mol. The molecule has 1 aliphatic heterocycles. The minimum atomic E-state index is -0.145. The Morgan fingerprint density at radius 1 is 1.11 bits per heavy atom. The van der Waals surface area contributed by atoms with Crippen LogP contribution in [-0.4, -0.2) is 62.9 Å². The maximum absolute atomic E-state index is 5.50. The van der Waals surface area contributed by atoms with Gasteiger partial charge in [-0.05, 0) is 25.3 Å². The molecule has 0 N–H and O–H groups in total. The minimum absolute atomic E-state index is 0.145. The van der Waals surface area contributed by atoms with Gasteiger partial charge in [0, 0.05) is 32.8 Å². The third-order valence-corrected chi connectivity index (χ3v) is 5.51. The molecule has 1 saturated heterocycles. The molecule has 4 heterocycles. The summed E-state index contributed by atoms with van der Waals surface area (Å²) in [6.45, 7) is 9.57. The fourth-order valence-corrected chi connectivity index (χ4v) is 3.78. The van der Waals surface area contributed by atoms with Crippen LogP contribution in [0.5, 0.6) is 0 Å². The Morgan fingerprint density at radius 3 is 2.61 bits per heavy atom. The van der Waals surface area contributed by atoms with Crippen molar-refractivity contribution in [3.8, 4) is 10.8 Å². The summed E-state index contributed by atoms with van der Waals surface area (Å²) < 4.78 is 16.2. The normalized spacial score (nSPS) is 17.2.